The van der Waals surface area contributed by atoms with Gasteiger partial charge in [0.05, 0.1) is 23.3 Å². The second kappa shape index (κ2) is 12.0. The van der Waals surface area contributed by atoms with Crippen molar-refractivity contribution < 1.29 is 19.5 Å². The molecule has 0 aliphatic carbocycles. The fraction of sp³-hybridized carbons (Fsp3) is 0.281. The van der Waals surface area contributed by atoms with Gasteiger partial charge in [-0.2, -0.15) is 13.5 Å². The molecule has 0 radical (unpaired) electrons. The zero-order valence-corrected chi connectivity index (χ0v) is 23.8. The topological polar surface area (TPSA) is 81.2 Å². The highest BCUT2D eigenvalue weighted by molar-refractivity contribution is 7.59. The highest BCUT2D eigenvalue weighted by atomic mass is 32.1. The van der Waals surface area contributed by atoms with Gasteiger partial charge >= 0.3 is 12.0 Å². The second-order valence-corrected chi connectivity index (χ2v) is 10.0. The van der Waals surface area contributed by atoms with Gasteiger partial charge < -0.3 is 14.9 Å². The van der Waals surface area contributed by atoms with E-state index in [1.807, 2.05) is 105 Å². The summed E-state index contributed by atoms with van der Waals surface area (Å²) in [6.07, 6.45) is 5.12. The Balaban J connectivity index is 0.00000370. The maximum atomic E-state index is 14.2. The molecule has 1 saturated heterocycles. The van der Waals surface area contributed by atoms with Gasteiger partial charge in [0, 0.05) is 13.1 Å². The Bertz CT molecular complexity index is 1370. The van der Waals surface area contributed by atoms with E-state index in [2.05, 4.69) is 0 Å². The predicted octanol–water partition coefficient (Wildman–Crippen LogP) is 5.90. The lowest BCUT2D eigenvalue weighted by atomic mass is 9.74. The molecule has 7 nitrogen and oxygen atoms in total. The average Bonchev–Trinajstić information content (AvgIpc) is 3.15. The van der Waals surface area contributed by atoms with E-state index in [0.717, 1.165) is 16.7 Å². The standard InChI is InChI=1S/C32H33N3O4.H2S/c1-3-32(4-2,25-14-6-5-7-15-25)30(38)33-20-21-34(28(22-33)29(36)37)31(39)35-26-16-10-8-12-23(26)18-19-24-13-9-11-17-27(24)35;/h5-19,28H,3-4,20-22H2,1-2H3,(H,36,37);1H2/t28-;/m0./s1. The molecule has 0 spiro atoms. The number of piperazine rings is 1. The Morgan fingerprint density at radius 3 is 1.85 bits per heavy atom. The number of benzene rings is 3. The number of carbonyl (C=O) groups excluding carboxylic acids is 2. The maximum absolute atomic E-state index is 14.2. The van der Waals surface area contributed by atoms with E-state index in [1.165, 1.54) is 4.90 Å². The van der Waals surface area contributed by atoms with Crippen LogP contribution in [0.25, 0.3) is 12.2 Å². The molecule has 2 heterocycles. The lowest BCUT2D eigenvalue weighted by Gasteiger charge is -2.44. The summed E-state index contributed by atoms with van der Waals surface area (Å²) in [5.74, 6) is -1.22. The number of anilines is 2. The van der Waals surface area contributed by atoms with Crippen molar-refractivity contribution in [2.45, 2.75) is 38.1 Å². The molecule has 0 aromatic heterocycles. The van der Waals surface area contributed by atoms with E-state index in [4.69, 9.17) is 0 Å². The van der Waals surface area contributed by atoms with Gasteiger partial charge in [0.1, 0.15) is 6.04 Å². The highest BCUT2D eigenvalue weighted by Gasteiger charge is 2.45. The van der Waals surface area contributed by atoms with Crippen molar-refractivity contribution in [2.24, 2.45) is 0 Å². The molecule has 2 aliphatic heterocycles. The number of para-hydroxylation sites is 2. The molecular formula is C32H35N3O4S. The molecule has 0 bridgehead atoms. The van der Waals surface area contributed by atoms with Crippen molar-refractivity contribution in [1.29, 1.82) is 0 Å². The number of nitrogens with zero attached hydrogens (tertiary/aromatic N) is 3. The molecule has 8 heteroatoms. The van der Waals surface area contributed by atoms with Crippen LogP contribution in [0.15, 0.2) is 78.9 Å². The number of rotatable bonds is 5. The van der Waals surface area contributed by atoms with Crippen molar-refractivity contribution in [3.05, 3.63) is 95.6 Å². The second-order valence-electron chi connectivity index (χ2n) is 10.0. The summed E-state index contributed by atoms with van der Waals surface area (Å²) in [6, 6.07) is 23.2. The van der Waals surface area contributed by atoms with Gasteiger partial charge in [-0.1, -0.05) is 92.7 Å². The van der Waals surface area contributed by atoms with Crippen molar-refractivity contribution >= 4 is 54.9 Å². The molecule has 1 atom stereocenters. The number of amides is 3. The molecular weight excluding hydrogens is 522 g/mol. The smallest absolute Gasteiger partial charge is 0.330 e. The Hall–Kier alpha value is -4.04. The molecule has 1 fully saturated rings. The summed E-state index contributed by atoms with van der Waals surface area (Å²) in [5, 5.41) is 10.3. The number of hydrogen-bond donors (Lipinski definition) is 1. The minimum Gasteiger partial charge on any atom is -0.480 e. The normalized spacial score (nSPS) is 16.4. The zero-order valence-electron chi connectivity index (χ0n) is 22.8. The number of carboxylic acid groups (broad SMARTS) is 1. The number of urea groups is 1. The summed E-state index contributed by atoms with van der Waals surface area (Å²) in [4.78, 5) is 45.4. The Kier molecular flexibility index (Phi) is 8.69. The van der Waals surface area contributed by atoms with E-state index in [9.17, 15) is 19.5 Å². The molecule has 0 saturated carbocycles. The van der Waals surface area contributed by atoms with Crippen LogP contribution < -0.4 is 4.90 Å². The number of carbonyl (C=O) groups is 3. The lowest BCUT2D eigenvalue weighted by Crippen LogP contribution is -2.63. The largest absolute Gasteiger partial charge is 0.480 e. The number of hydrogen-bond acceptors (Lipinski definition) is 3. The fourth-order valence-electron chi connectivity index (χ4n) is 5.86. The van der Waals surface area contributed by atoms with Gasteiger partial charge in [-0.25, -0.2) is 9.59 Å². The van der Waals surface area contributed by atoms with E-state index in [1.54, 1.807) is 9.80 Å². The number of aliphatic carboxylic acids is 1. The van der Waals surface area contributed by atoms with Crippen LogP contribution in [0.5, 0.6) is 0 Å². The summed E-state index contributed by atoms with van der Waals surface area (Å²) in [7, 11) is 0. The molecule has 3 aromatic carbocycles. The summed E-state index contributed by atoms with van der Waals surface area (Å²) in [6.45, 7) is 4.30. The van der Waals surface area contributed by atoms with Crippen molar-refractivity contribution in [1.82, 2.24) is 9.80 Å². The van der Waals surface area contributed by atoms with Gasteiger partial charge in [-0.3, -0.25) is 9.69 Å². The first kappa shape index (κ1) is 29.0. The number of fused-ring (bicyclic) bond motifs is 2. The average molecular weight is 558 g/mol. The van der Waals surface area contributed by atoms with Gasteiger partial charge in [0.15, 0.2) is 0 Å². The molecule has 1 N–H and O–H groups in total. The van der Waals surface area contributed by atoms with Crippen LogP contribution in [0.3, 0.4) is 0 Å². The third kappa shape index (κ3) is 4.99. The molecule has 2 aliphatic rings. The highest BCUT2D eigenvalue weighted by Crippen LogP contribution is 2.38. The molecule has 5 rings (SSSR count). The SMILES string of the molecule is CCC(CC)(C(=O)N1CCN(C(=O)N2c3ccccc3C=Cc3ccccc32)[C@H](C(=O)O)C1)c1ccccc1.S. The van der Waals surface area contributed by atoms with E-state index >= 15 is 0 Å². The van der Waals surface area contributed by atoms with Crippen LogP contribution >= 0.6 is 13.5 Å². The molecule has 208 valence electrons. The lowest BCUT2D eigenvalue weighted by molar-refractivity contribution is -0.148. The predicted molar refractivity (Wildman–Crippen MR) is 163 cm³/mol. The van der Waals surface area contributed by atoms with Crippen molar-refractivity contribution in [2.75, 3.05) is 24.5 Å². The van der Waals surface area contributed by atoms with E-state index in [0.29, 0.717) is 24.2 Å². The quantitative estimate of drug-likeness (QED) is 0.424. The fourth-order valence-corrected chi connectivity index (χ4v) is 5.86. The third-order valence-corrected chi connectivity index (χ3v) is 8.13. The minimum absolute atomic E-state index is 0. The minimum atomic E-state index is -1.17. The van der Waals surface area contributed by atoms with E-state index < -0.39 is 23.5 Å². The summed E-state index contributed by atoms with van der Waals surface area (Å²) >= 11 is 0. The first-order valence-corrected chi connectivity index (χ1v) is 13.5. The van der Waals surface area contributed by atoms with Crippen LogP contribution in [0, 0.1) is 0 Å². The molecule has 40 heavy (non-hydrogen) atoms. The monoisotopic (exact) mass is 557 g/mol. The van der Waals surface area contributed by atoms with Gasteiger partial charge in [-0.05, 0) is 41.7 Å². The van der Waals surface area contributed by atoms with Gasteiger partial charge in [-0.15, -0.1) is 0 Å². The molecule has 3 amide bonds. The van der Waals surface area contributed by atoms with E-state index in [-0.39, 0.29) is 39.0 Å². The third-order valence-electron chi connectivity index (χ3n) is 8.13. The maximum Gasteiger partial charge on any atom is 0.330 e. The van der Waals surface area contributed by atoms with Crippen molar-refractivity contribution in [3.8, 4) is 0 Å². The van der Waals surface area contributed by atoms with Crippen molar-refractivity contribution in [3.63, 3.8) is 0 Å². The van der Waals surface area contributed by atoms with Gasteiger partial charge in [0.25, 0.3) is 0 Å². The molecule has 0 unspecified atom stereocenters. The Morgan fingerprint density at radius 1 is 0.800 bits per heavy atom. The summed E-state index contributed by atoms with van der Waals surface area (Å²) < 4.78 is 0. The van der Waals surface area contributed by atoms with Crippen LogP contribution in [0.4, 0.5) is 16.2 Å². The first-order valence-electron chi connectivity index (χ1n) is 13.5. The first-order chi connectivity index (χ1) is 18.9. The summed E-state index contributed by atoms with van der Waals surface area (Å²) in [5.41, 5.74) is 3.28. The Labute approximate surface area is 242 Å². The van der Waals surface area contributed by atoms with Crippen LogP contribution in [-0.4, -0.2) is 58.5 Å². The number of carboxylic acids is 1. The van der Waals surface area contributed by atoms with Crippen LogP contribution in [-0.2, 0) is 15.0 Å². The van der Waals surface area contributed by atoms with Crippen LogP contribution in [0.1, 0.15) is 43.4 Å². The molecule has 3 aromatic rings. The van der Waals surface area contributed by atoms with Crippen LogP contribution in [0.2, 0.25) is 0 Å². The zero-order chi connectivity index (χ0) is 27.6. The Morgan fingerprint density at radius 2 is 1.32 bits per heavy atom. The van der Waals surface area contributed by atoms with Gasteiger partial charge in [0.2, 0.25) is 5.91 Å².